The topological polar surface area (TPSA) is 281 Å². The predicted octanol–water partition coefficient (Wildman–Crippen LogP) is 11.2. The lowest BCUT2D eigenvalue weighted by Crippen LogP contribution is -2.52. The molecular weight excluding hydrogens is 1290 g/mol. The van der Waals surface area contributed by atoms with Crippen LogP contribution in [0.3, 0.4) is 0 Å². The number of aliphatic hydroxyl groups excluding tert-OH is 2. The van der Waals surface area contributed by atoms with Crippen LogP contribution in [-0.2, 0) is 49.1 Å². The summed E-state index contributed by atoms with van der Waals surface area (Å²) in [6.45, 7) is 9.76. The maximum Gasteiger partial charge on any atom is 0.307 e. The van der Waals surface area contributed by atoms with Crippen molar-refractivity contribution in [1.82, 2.24) is 20.6 Å². The van der Waals surface area contributed by atoms with Crippen LogP contribution in [0.25, 0.3) is 0 Å². The Morgan fingerprint density at radius 3 is 1.46 bits per heavy atom. The van der Waals surface area contributed by atoms with Crippen LogP contribution in [0.1, 0.15) is 158 Å². The van der Waals surface area contributed by atoms with Crippen molar-refractivity contribution in [2.75, 3.05) is 50.2 Å². The minimum Gasteiger partial charge on any atom is -0.481 e. The highest BCUT2D eigenvalue weighted by atomic mass is 35.5. The number of carbonyl (C=O) groups is 6. The number of carboxylic acid groups (broad SMARTS) is 1. The standard InChI is InChI=1S/C34H40Cl2FN3O5.C25H25Cl2FN2O3.C8H16N2O3.ClH/c1-32(2)8-10-33(11-9-32)17-22(25(42)15-19-3-6-26(45-18-19)30(43)39-13-14-41)27(21-7-12-38-29(36)28(21)37)34(33)23-5-4-20(35)16-24(23)40-31(34)44;1-23(2)6-8-24(9-7-23)12-15(21(31)32)18(14-5-10-29-20(27)19(14)28)25(24)16-4-3-13(26)11-17(16)30-22(25)33;9-6-1-2-7(13-5-6)8(12)10-3-4-11;/h4-5,7,12,16,19,22,26-27,41H,3,6,8-11,13-15,17-18H2,1-2H3,(H,39,43)(H,40,44);3-5,10-11,15,18H,6-9,12H2,1-2H3,(H,30,33)(H,31,32);6-7,11H,1-5,9H2,(H,10,12);1H/t19-,22-,26-,27-,34+;15-,18+,25?;6-,7+;/m011./s1. The number of fused-ring (bicyclic) bond motifs is 6. The molecule has 18 nitrogen and oxygen atoms in total. The Morgan fingerprint density at radius 1 is 0.630 bits per heavy atom. The van der Waals surface area contributed by atoms with Gasteiger partial charge in [0.15, 0.2) is 21.9 Å². The minimum atomic E-state index is -1.25. The molecule has 4 spiro atoms. The average molecular weight is 1380 g/mol. The molecule has 10 atom stereocenters. The Balaban J connectivity index is 0.000000186. The molecule has 9 N–H and O–H groups in total. The van der Waals surface area contributed by atoms with Gasteiger partial charge in [0.1, 0.15) is 18.0 Å². The molecule has 4 aliphatic heterocycles. The summed E-state index contributed by atoms with van der Waals surface area (Å²) in [5.41, 5.74) is 5.03. The van der Waals surface area contributed by atoms with Gasteiger partial charge >= 0.3 is 5.97 Å². The predicted molar refractivity (Wildman–Crippen MR) is 347 cm³/mol. The molecule has 4 amide bonds. The Bertz CT molecular complexity index is 3440. The number of carbonyl (C=O) groups excluding carboxylic acids is 5. The molecule has 1 unspecified atom stereocenters. The maximum atomic E-state index is 16.1. The van der Waals surface area contributed by atoms with Crippen molar-refractivity contribution >= 4 is 106 Å². The zero-order chi connectivity index (χ0) is 65.6. The third-order valence-electron chi connectivity index (χ3n) is 21.5. The monoisotopic (exact) mass is 1370 g/mol. The van der Waals surface area contributed by atoms with Crippen molar-refractivity contribution < 1.29 is 62.3 Å². The number of nitrogens with two attached hydrogens (primary N) is 1. The van der Waals surface area contributed by atoms with Crippen LogP contribution in [0.15, 0.2) is 60.9 Å². The fourth-order valence-electron chi connectivity index (χ4n) is 16.9. The van der Waals surface area contributed by atoms with E-state index in [0.717, 1.165) is 37.7 Å². The lowest BCUT2D eigenvalue weighted by molar-refractivity contribution is -0.142. The van der Waals surface area contributed by atoms with E-state index in [9.17, 15) is 33.9 Å². The SMILES string of the molecule is CC1(C)CCC2(CC1)C[C@@H](C(=O)C[C@@H]1CC[C@@H](C(=O)NCCO)OC1)[C@H](c1ccnc(Cl)c1F)[C@]21C(=O)Nc2cc(Cl)ccc21.CC1(C)CCC2(CC1)C[C@@H](C(=O)O)[C@H](c1ccnc(Cl)c1F)C21C(=O)Nc2cc(Cl)ccc21.Cl.N[C@@H]1CC[C@@H](C(=O)NCCO)OC1. The summed E-state index contributed by atoms with van der Waals surface area (Å²) in [5.74, 6) is -6.97. The molecule has 92 heavy (non-hydrogen) atoms. The fraction of sp³-hybridized carbons (Fsp3) is 0.582. The van der Waals surface area contributed by atoms with E-state index in [2.05, 4.69) is 58.9 Å². The lowest BCUT2D eigenvalue weighted by atomic mass is 9.51. The number of pyridine rings is 2. The molecule has 0 bridgehead atoms. The van der Waals surface area contributed by atoms with Crippen molar-refractivity contribution in [1.29, 1.82) is 0 Å². The van der Waals surface area contributed by atoms with Crippen LogP contribution >= 0.6 is 58.8 Å². The number of Topliss-reactive ketones (excluding diaryl/α,β-unsaturated/α-hetero) is 1. The summed E-state index contributed by atoms with van der Waals surface area (Å²) < 4.78 is 42.6. The van der Waals surface area contributed by atoms with Crippen LogP contribution in [0, 0.1) is 51.0 Å². The number of hydrogen-bond donors (Lipinski definition) is 8. The van der Waals surface area contributed by atoms with Gasteiger partial charge in [-0.3, -0.25) is 28.8 Å². The Hall–Kier alpha value is -5.13. The highest BCUT2D eigenvalue weighted by Crippen LogP contribution is 2.74. The smallest absolute Gasteiger partial charge is 0.307 e. The summed E-state index contributed by atoms with van der Waals surface area (Å²) in [7, 11) is 0. The van der Waals surface area contributed by atoms with Gasteiger partial charge in [0.2, 0.25) is 23.6 Å². The van der Waals surface area contributed by atoms with Gasteiger partial charge in [-0.15, -0.1) is 12.4 Å². The number of aliphatic hydroxyl groups is 2. The Morgan fingerprint density at radius 2 is 1.05 bits per heavy atom. The van der Waals surface area contributed by atoms with Gasteiger partial charge in [-0.25, -0.2) is 18.7 Å². The molecule has 2 aromatic heterocycles. The van der Waals surface area contributed by atoms with E-state index in [1.54, 1.807) is 36.4 Å². The van der Waals surface area contributed by atoms with E-state index in [0.29, 0.717) is 85.0 Å². The summed E-state index contributed by atoms with van der Waals surface area (Å²) in [6.07, 6.45) is 11.5. The molecule has 25 heteroatoms. The van der Waals surface area contributed by atoms with Gasteiger partial charge in [0.05, 0.1) is 43.2 Å². The van der Waals surface area contributed by atoms with Gasteiger partial charge in [0, 0.05) is 77.1 Å². The lowest BCUT2D eigenvalue weighted by Gasteiger charge is -2.51. The number of benzene rings is 2. The maximum absolute atomic E-state index is 16.1. The second-order valence-corrected chi connectivity index (χ2v) is 29.4. The molecule has 6 fully saturated rings. The van der Waals surface area contributed by atoms with E-state index in [1.807, 2.05) is 6.07 Å². The van der Waals surface area contributed by atoms with Gasteiger partial charge in [-0.1, -0.05) is 86.2 Å². The molecular formula is C67H82Cl5F2N7O11. The van der Waals surface area contributed by atoms with Gasteiger partial charge in [0.25, 0.3) is 0 Å². The number of nitrogens with one attached hydrogen (secondary N) is 4. The number of nitrogens with zero attached hydrogens (tertiary/aromatic N) is 2. The summed E-state index contributed by atoms with van der Waals surface area (Å²) in [5, 5.41) is 39.4. The second-order valence-electron chi connectivity index (χ2n) is 27.8. The third-order valence-corrected chi connectivity index (χ3v) is 22.5. The largest absolute Gasteiger partial charge is 0.481 e. The number of carboxylic acids is 1. The molecule has 0 radical (unpaired) electrons. The van der Waals surface area contributed by atoms with Crippen LogP contribution in [0.4, 0.5) is 20.2 Å². The first-order valence-corrected chi connectivity index (χ1v) is 33.0. The van der Waals surface area contributed by atoms with Crippen molar-refractivity contribution in [2.24, 2.45) is 45.1 Å². The molecule has 4 aromatic rings. The van der Waals surface area contributed by atoms with E-state index in [4.69, 9.17) is 71.8 Å². The second kappa shape index (κ2) is 28.3. The quantitative estimate of drug-likeness (QED) is 0.0613. The van der Waals surface area contributed by atoms with Crippen molar-refractivity contribution in [3.63, 3.8) is 0 Å². The Labute approximate surface area is 560 Å². The van der Waals surface area contributed by atoms with Gasteiger partial charge < -0.3 is 51.8 Å². The van der Waals surface area contributed by atoms with E-state index < -0.39 is 69.0 Å². The summed E-state index contributed by atoms with van der Waals surface area (Å²) in [4.78, 5) is 87.2. The van der Waals surface area contributed by atoms with Gasteiger partial charge in [-0.05, 0) is 176 Å². The molecule has 12 rings (SSSR count). The van der Waals surface area contributed by atoms with Crippen LogP contribution in [0.2, 0.25) is 20.4 Å². The van der Waals surface area contributed by atoms with Crippen LogP contribution in [0.5, 0.6) is 0 Å². The Kier molecular flexibility index (Phi) is 21.9. The zero-order valence-corrected chi connectivity index (χ0v) is 55.8. The number of ketones is 1. The number of anilines is 2. The first-order chi connectivity index (χ1) is 43.2. The van der Waals surface area contributed by atoms with E-state index in [-0.39, 0.29) is 138 Å². The fourth-order valence-corrected chi connectivity index (χ4v) is 17.6. The number of amides is 4. The molecule has 2 aromatic carbocycles. The first kappa shape index (κ1) is 71.2. The molecule has 4 saturated carbocycles. The summed E-state index contributed by atoms with van der Waals surface area (Å²) in [6, 6.07) is 13.7. The normalized spacial score (nSPS) is 29.1. The van der Waals surface area contributed by atoms with E-state index >= 15 is 8.78 Å². The molecule has 8 aliphatic rings. The van der Waals surface area contributed by atoms with E-state index in [1.165, 1.54) is 18.5 Å². The highest BCUT2D eigenvalue weighted by Gasteiger charge is 2.74. The summed E-state index contributed by atoms with van der Waals surface area (Å²) >= 11 is 24.9. The number of hydrogen-bond acceptors (Lipinski definition) is 13. The third kappa shape index (κ3) is 13.2. The molecule has 2 saturated heterocycles. The highest BCUT2D eigenvalue weighted by molar-refractivity contribution is 6.32. The van der Waals surface area contributed by atoms with Crippen molar-refractivity contribution in [3.8, 4) is 0 Å². The van der Waals surface area contributed by atoms with Crippen LogP contribution in [-0.4, -0.2) is 118 Å². The number of aromatic nitrogens is 2. The number of rotatable bonds is 12. The zero-order valence-electron chi connectivity index (χ0n) is 52.0. The first-order valence-electron chi connectivity index (χ1n) is 31.5. The molecule has 4 aliphatic carbocycles. The number of aliphatic carboxylic acids is 1. The average Bonchev–Trinajstić information content (AvgIpc) is 1.51. The van der Waals surface area contributed by atoms with Crippen LogP contribution < -0.4 is 27.0 Å². The molecule has 500 valence electrons. The minimum absolute atomic E-state index is 0. The molecule has 6 heterocycles. The van der Waals surface area contributed by atoms with Gasteiger partial charge in [-0.2, -0.15) is 0 Å². The number of ether oxygens (including phenoxy) is 2. The van der Waals surface area contributed by atoms with Crippen molar-refractivity contribution in [3.05, 3.63) is 115 Å². The number of halogens is 7. The van der Waals surface area contributed by atoms with Crippen molar-refractivity contribution in [2.45, 2.75) is 165 Å².